The van der Waals surface area contributed by atoms with Crippen molar-refractivity contribution in [1.82, 2.24) is 0 Å². The number of rotatable bonds is 9. The first-order chi connectivity index (χ1) is 10.2. The lowest BCUT2D eigenvalue weighted by Crippen LogP contribution is -2.01. The SMILES string of the molecule is CCCCCCCOCc1c(C(=O)O)sc2ccccc12. The number of aromatic carboxylic acids is 1. The molecule has 0 fully saturated rings. The summed E-state index contributed by atoms with van der Waals surface area (Å²) >= 11 is 1.33. The van der Waals surface area contributed by atoms with E-state index in [2.05, 4.69) is 6.92 Å². The van der Waals surface area contributed by atoms with Crippen LogP contribution in [0.3, 0.4) is 0 Å². The molecule has 4 heteroatoms. The van der Waals surface area contributed by atoms with Crippen LogP contribution in [0, 0.1) is 0 Å². The second-order valence-corrected chi connectivity index (χ2v) is 6.23. The number of thiophene rings is 1. The molecule has 0 bridgehead atoms. The smallest absolute Gasteiger partial charge is 0.346 e. The van der Waals surface area contributed by atoms with E-state index in [0.717, 1.165) is 22.1 Å². The summed E-state index contributed by atoms with van der Waals surface area (Å²) in [5.74, 6) is -0.863. The second kappa shape index (κ2) is 8.15. The summed E-state index contributed by atoms with van der Waals surface area (Å²) in [5, 5.41) is 10.3. The highest BCUT2D eigenvalue weighted by Gasteiger charge is 2.17. The van der Waals surface area contributed by atoms with Gasteiger partial charge in [-0.25, -0.2) is 4.79 Å². The molecule has 1 N–H and O–H groups in total. The molecule has 0 radical (unpaired) electrons. The van der Waals surface area contributed by atoms with E-state index in [1.165, 1.54) is 37.0 Å². The van der Waals surface area contributed by atoms with E-state index in [1.807, 2.05) is 24.3 Å². The Morgan fingerprint density at radius 3 is 2.71 bits per heavy atom. The third-order valence-electron chi connectivity index (χ3n) is 3.53. The molecule has 0 aliphatic carbocycles. The van der Waals surface area contributed by atoms with Gasteiger partial charge in [0.25, 0.3) is 0 Å². The third kappa shape index (κ3) is 4.29. The zero-order chi connectivity index (χ0) is 15.1. The number of carboxylic acids is 1. The predicted octanol–water partition coefficient (Wildman–Crippen LogP) is 5.09. The van der Waals surface area contributed by atoms with Gasteiger partial charge >= 0.3 is 5.97 Å². The summed E-state index contributed by atoms with van der Waals surface area (Å²) < 4.78 is 6.71. The minimum Gasteiger partial charge on any atom is -0.477 e. The zero-order valence-electron chi connectivity index (χ0n) is 12.4. The van der Waals surface area contributed by atoms with Gasteiger partial charge in [0.2, 0.25) is 0 Å². The van der Waals surface area contributed by atoms with Crippen LogP contribution in [0.15, 0.2) is 24.3 Å². The van der Waals surface area contributed by atoms with Crippen molar-refractivity contribution < 1.29 is 14.6 Å². The fourth-order valence-electron chi connectivity index (χ4n) is 2.40. The Labute approximate surface area is 129 Å². The third-order valence-corrected chi connectivity index (χ3v) is 4.73. The molecule has 3 nitrogen and oxygen atoms in total. The normalized spacial score (nSPS) is 11.1. The highest BCUT2D eigenvalue weighted by molar-refractivity contribution is 7.21. The molecule has 1 aromatic heterocycles. The fourth-order valence-corrected chi connectivity index (χ4v) is 3.44. The zero-order valence-corrected chi connectivity index (χ0v) is 13.2. The number of carbonyl (C=O) groups is 1. The van der Waals surface area contributed by atoms with E-state index >= 15 is 0 Å². The van der Waals surface area contributed by atoms with Gasteiger partial charge in [-0.15, -0.1) is 11.3 Å². The van der Waals surface area contributed by atoms with Gasteiger partial charge in [0.15, 0.2) is 0 Å². The van der Waals surface area contributed by atoms with E-state index in [-0.39, 0.29) is 0 Å². The van der Waals surface area contributed by atoms with E-state index in [4.69, 9.17) is 4.74 Å². The first-order valence-corrected chi connectivity index (χ1v) is 8.37. The van der Waals surface area contributed by atoms with Crippen LogP contribution in [0.4, 0.5) is 0 Å². The van der Waals surface area contributed by atoms with Gasteiger partial charge in [-0.05, 0) is 17.9 Å². The first kappa shape index (κ1) is 16.0. The number of fused-ring (bicyclic) bond motifs is 1. The summed E-state index contributed by atoms with van der Waals surface area (Å²) in [5.41, 5.74) is 0.816. The van der Waals surface area contributed by atoms with Gasteiger partial charge in [0, 0.05) is 16.9 Å². The Morgan fingerprint density at radius 1 is 1.19 bits per heavy atom. The largest absolute Gasteiger partial charge is 0.477 e. The van der Waals surface area contributed by atoms with E-state index in [1.54, 1.807) is 0 Å². The maximum atomic E-state index is 11.4. The molecule has 0 saturated carbocycles. The van der Waals surface area contributed by atoms with Crippen molar-refractivity contribution in [2.45, 2.75) is 45.6 Å². The predicted molar refractivity (Wildman–Crippen MR) is 87.2 cm³/mol. The van der Waals surface area contributed by atoms with Crippen molar-refractivity contribution in [3.05, 3.63) is 34.7 Å². The van der Waals surface area contributed by atoms with Crippen LogP contribution in [0.1, 0.15) is 54.3 Å². The highest BCUT2D eigenvalue weighted by Crippen LogP contribution is 2.31. The molecule has 0 saturated heterocycles. The first-order valence-electron chi connectivity index (χ1n) is 7.55. The standard InChI is InChI=1S/C17H22O3S/c1-2-3-4-5-8-11-20-12-14-13-9-6-7-10-15(13)21-16(14)17(18)19/h6-7,9-10H,2-5,8,11-12H2,1H3,(H,18,19). The summed E-state index contributed by atoms with van der Waals surface area (Å²) in [7, 11) is 0. The molecule has 21 heavy (non-hydrogen) atoms. The lowest BCUT2D eigenvalue weighted by molar-refractivity contribution is 0.0693. The molecule has 1 aromatic carbocycles. The number of ether oxygens (including phenoxy) is 1. The molecule has 0 amide bonds. The van der Waals surface area contributed by atoms with Gasteiger partial charge in [-0.3, -0.25) is 0 Å². The van der Waals surface area contributed by atoms with Crippen molar-refractivity contribution in [3.63, 3.8) is 0 Å². The minimum atomic E-state index is -0.863. The Hall–Kier alpha value is -1.39. The second-order valence-electron chi connectivity index (χ2n) is 5.18. The van der Waals surface area contributed by atoms with Crippen molar-refractivity contribution in [1.29, 1.82) is 0 Å². The molecule has 2 rings (SSSR count). The summed E-state index contributed by atoms with van der Waals surface area (Å²) in [6.45, 7) is 3.29. The van der Waals surface area contributed by atoms with E-state index in [9.17, 15) is 9.90 Å². The van der Waals surface area contributed by atoms with Crippen molar-refractivity contribution in [2.24, 2.45) is 0 Å². The number of unbranched alkanes of at least 4 members (excludes halogenated alkanes) is 4. The maximum Gasteiger partial charge on any atom is 0.346 e. The average molecular weight is 306 g/mol. The van der Waals surface area contributed by atoms with Gasteiger partial charge < -0.3 is 9.84 Å². The summed E-state index contributed by atoms with van der Waals surface area (Å²) in [6, 6.07) is 7.80. The van der Waals surface area contributed by atoms with Crippen LogP contribution < -0.4 is 0 Å². The van der Waals surface area contributed by atoms with Gasteiger partial charge in [-0.1, -0.05) is 50.8 Å². The molecule has 0 unspecified atom stereocenters. The van der Waals surface area contributed by atoms with Crippen LogP contribution >= 0.6 is 11.3 Å². The summed E-state index contributed by atoms with van der Waals surface area (Å²) in [6.07, 6.45) is 6.00. The van der Waals surface area contributed by atoms with Crippen LogP contribution in [0.5, 0.6) is 0 Å². The molecule has 2 aromatic rings. The van der Waals surface area contributed by atoms with Crippen molar-refractivity contribution in [2.75, 3.05) is 6.61 Å². The number of benzene rings is 1. The molecule has 114 valence electrons. The highest BCUT2D eigenvalue weighted by atomic mass is 32.1. The molecule has 0 atom stereocenters. The monoisotopic (exact) mass is 306 g/mol. The van der Waals surface area contributed by atoms with E-state index < -0.39 is 5.97 Å². The Kier molecular flexibility index (Phi) is 6.21. The molecule has 0 spiro atoms. The van der Waals surface area contributed by atoms with Crippen LogP contribution in [-0.4, -0.2) is 17.7 Å². The topological polar surface area (TPSA) is 46.5 Å². The van der Waals surface area contributed by atoms with Crippen molar-refractivity contribution in [3.8, 4) is 0 Å². The van der Waals surface area contributed by atoms with Gasteiger partial charge in [0.1, 0.15) is 4.88 Å². The quantitative estimate of drug-likeness (QED) is 0.657. The molecular weight excluding hydrogens is 284 g/mol. The lowest BCUT2D eigenvalue weighted by Gasteiger charge is -2.05. The molecule has 0 aliphatic heterocycles. The van der Waals surface area contributed by atoms with Crippen LogP contribution in [0.2, 0.25) is 0 Å². The van der Waals surface area contributed by atoms with Gasteiger partial charge in [-0.2, -0.15) is 0 Å². The molecular formula is C17H22O3S. The Balaban J connectivity index is 1.94. The Morgan fingerprint density at radius 2 is 1.95 bits per heavy atom. The maximum absolute atomic E-state index is 11.4. The number of carboxylic acid groups (broad SMARTS) is 1. The number of hydrogen-bond acceptors (Lipinski definition) is 3. The molecule has 0 aliphatic rings. The van der Waals surface area contributed by atoms with Gasteiger partial charge in [0.05, 0.1) is 6.61 Å². The average Bonchev–Trinajstić information content (AvgIpc) is 2.85. The minimum absolute atomic E-state index is 0.388. The van der Waals surface area contributed by atoms with Crippen molar-refractivity contribution >= 4 is 27.4 Å². The van der Waals surface area contributed by atoms with Crippen LogP contribution in [-0.2, 0) is 11.3 Å². The van der Waals surface area contributed by atoms with E-state index in [0.29, 0.717) is 18.1 Å². The number of hydrogen-bond donors (Lipinski definition) is 1. The fraction of sp³-hybridized carbons (Fsp3) is 0.471. The lowest BCUT2D eigenvalue weighted by atomic mass is 10.1. The Bertz CT molecular complexity index is 589. The van der Waals surface area contributed by atoms with Crippen LogP contribution in [0.25, 0.3) is 10.1 Å². The summed E-state index contributed by atoms with van der Waals surface area (Å²) in [4.78, 5) is 11.8. The molecule has 1 heterocycles.